The SMILES string of the molecule is C=C1OC(=O)/C(=C([O-])/C(C)=C/CC/C=C/C=C/C(C)CC)C1=O. The van der Waals surface area contributed by atoms with Crippen molar-refractivity contribution in [3.8, 4) is 0 Å². The lowest BCUT2D eigenvalue weighted by Gasteiger charge is -2.13. The van der Waals surface area contributed by atoms with E-state index in [2.05, 4.69) is 31.2 Å². The molecule has 0 aromatic carbocycles. The Hall–Kier alpha value is -2.36. The van der Waals surface area contributed by atoms with E-state index in [9.17, 15) is 14.7 Å². The lowest BCUT2D eigenvalue weighted by molar-refractivity contribution is -0.298. The molecule has 1 fully saturated rings. The number of carbonyl (C=O) groups is 2. The molecular weight excluding hydrogens is 292 g/mol. The Labute approximate surface area is 137 Å². The average molecular weight is 315 g/mol. The fourth-order valence-electron chi connectivity index (χ4n) is 1.89. The van der Waals surface area contributed by atoms with Crippen molar-refractivity contribution in [2.45, 2.75) is 40.0 Å². The second-order valence-corrected chi connectivity index (χ2v) is 5.51. The number of cyclic esters (lactones) is 1. The number of carbonyl (C=O) groups excluding carboxylic acids is 2. The summed E-state index contributed by atoms with van der Waals surface area (Å²) < 4.78 is 4.57. The summed E-state index contributed by atoms with van der Waals surface area (Å²) in [5.41, 5.74) is -0.0840. The first-order chi connectivity index (χ1) is 10.9. The van der Waals surface area contributed by atoms with Gasteiger partial charge in [-0.15, -0.1) is 0 Å². The lowest BCUT2D eigenvalue weighted by atomic mass is 10.1. The van der Waals surface area contributed by atoms with E-state index in [1.54, 1.807) is 13.0 Å². The molecule has 0 bridgehead atoms. The van der Waals surface area contributed by atoms with Crippen LogP contribution >= 0.6 is 0 Å². The summed E-state index contributed by atoms with van der Waals surface area (Å²) in [6.07, 6.45) is 12.4. The highest BCUT2D eigenvalue weighted by Crippen LogP contribution is 2.22. The minimum absolute atomic E-state index is 0.290. The van der Waals surface area contributed by atoms with Gasteiger partial charge in [-0.1, -0.05) is 68.6 Å². The summed E-state index contributed by atoms with van der Waals surface area (Å²) in [5.74, 6) is -1.94. The molecule has 0 aromatic heterocycles. The Morgan fingerprint density at radius 1 is 1.30 bits per heavy atom. The van der Waals surface area contributed by atoms with Gasteiger partial charge in [-0.05, 0) is 25.7 Å². The van der Waals surface area contributed by atoms with Crippen molar-refractivity contribution in [2.75, 3.05) is 0 Å². The van der Waals surface area contributed by atoms with Crippen LogP contribution in [0.3, 0.4) is 0 Å². The predicted molar refractivity (Wildman–Crippen MR) is 88.0 cm³/mol. The number of ether oxygens (including phenoxy) is 1. The van der Waals surface area contributed by atoms with Crippen LogP contribution in [0.25, 0.3) is 0 Å². The molecule has 0 spiro atoms. The van der Waals surface area contributed by atoms with Crippen molar-refractivity contribution < 1.29 is 19.4 Å². The summed E-state index contributed by atoms with van der Waals surface area (Å²) >= 11 is 0. The normalized spacial score (nSPS) is 19.8. The minimum atomic E-state index is -0.909. The molecule has 4 nitrogen and oxygen atoms in total. The van der Waals surface area contributed by atoms with Crippen LogP contribution in [0.4, 0.5) is 0 Å². The number of hydrogen-bond donors (Lipinski definition) is 0. The Balaban J connectivity index is 2.59. The molecule has 1 aliphatic rings. The van der Waals surface area contributed by atoms with E-state index in [1.807, 2.05) is 18.2 Å². The third-order valence-electron chi connectivity index (χ3n) is 3.60. The molecule has 0 saturated carbocycles. The van der Waals surface area contributed by atoms with Crippen LogP contribution in [-0.4, -0.2) is 11.8 Å². The summed E-state index contributed by atoms with van der Waals surface area (Å²) in [5, 5.41) is 12.1. The van der Waals surface area contributed by atoms with Crippen LogP contribution in [0.2, 0.25) is 0 Å². The van der Waals surface area contributed by atoms with E-state index in [4.69, 9.17) is 0 Å². The van der Waals surface area contributed by atoms with Crippen LogP contribution in [0.5, 0.6) is 0 Å². The molecule has 0 amide bonds. The van der Waals surface area contributed by atoms with Crippen LogP contribution in [0.1, 0.15) is 40.0 Å². The van der Waals surface area contributed by atoms with Gasteiger partial charge in [0, 0.05) is 0 Å². The highest BCUT2D eigenvalue weighted by atomic mass is 16.5. The Morgan fingerprint density at radius 3 is 2.57 bits per heavy atom. The molecule has 0 aromatic rings. The molecule has 0 radical (unpaired) electrons. The minimum Gasteiger partial charge on any atom is -0.872 e. The molecule has 1 atom stereocenters. The van der Waals surface area contributed by atoms with Crippen LogP contribution in [0.15, 0.2) is 59.6 Å². The fraction of sp³-hybridized carbons (Fsp3) is 0.368. The molecule has 1 rings (SSSR count). The lowest BCUT2D eigenvalue weighted by Crippen LogP contribution is -2.15. The third kappa shape index (κ3) is 5.40. The maximum absolute atomic E-state index is 12.1. The molecule has 23 heavy (non-hydrogen) atoms. The number of allylic oxidation sites excluding steroid dienone is 7. The van der Waals surface area contributed by atoms with E-state index in [0.29, 0.717) is 17.9 Å². The molecule has 0 aliphatic carbocycles. The zero-order chi connectivity index (χ0) is 17.4. The molecule has 1 saturated heterocycles. The smallest absolute Gasteiger partial charge is 0.347 e. The van der Waals surface area contributed by atoms with Gasteiger partial charge >= 0.3 is 5.97 Å². The zero-order valence-electron chi connectivity index (χ0n) is 13.9. The first-order valence-electron chi connectivity index (χ1n) is 7.76. The summed E-state index contributed by atoms with van der Waals surface area (Å²) in [4.78, 5) is 23.1. The molecule has 0 N–H and O–H groups in total. The number of hydrogen-bond acceptors (Lipinski definition) is 4. The third-order valence-corrected chi connectivity index (χ3v) is 3.60. The van der Waals surface area contributed by atoms with Crippen LogP contribution in [0, 0.1) is 5.92 Å². The summed E-state index contributed by atoms with van der Waals surface area (Å²) in [7, 11) is 0. The van der Waals surface area contributed by atoms with Gasteiger partial charge in [0.15, 0.2) is 5.76 Å². The monoisotopic (exact) mass is 315 g/mol. The standard InChI is InChI=1S/C19H24O4/c1-5-13(2)11-9-7-6-8-10-12-14(3)17(20)16-18(21)15(4)23-19(16)22/h6-7,9,11-13,20H,4-5,8,10H2,1-3H3/p-1/b7-6+,11-9+,14-12+,17-16-. The fourth-order valence-corrected chi connectivity index (χ4v) is 1.89. The van der Waals surface area contributed by atoms with E-state index in [0.717, 1.165) is 12.8 Å². The molecule has 124 valence electrons. The van der Waals surface area contributed by atoms with Gasteiger partial charge < -0.3 is 9.84 Å². The maximum atomic E-state index is 12.1. The van der Waals surface area contributed by atoms with Crippen molar-refractivity contribution >= 4 is 11.8 Å². The topological polar surface area (TPSA) is 66.4 Å². The second kappa shape index (κ2) is 8.93. The highest BCUT2D eigenvalue weighted by molar-refractivity contribution is 6.28. The average Bonchev–Trinajstić information content (AvgIpc) is 2.77. The van der Waals surface area contributed by atoms with E-state index >= 15 is 0 Å². The number of Topliss-reactive ketones (excluding diaryl/α,β-unsaturated/α-hetero) is 1. The molecular formula is C19H23O4-. The van der Waals surface area contributed by atoms with Crippen molar-refractivity contribution in [1.82, 2.24) is 0 Å². The summed E-state index contributed by atoms with van der Waals surface area (Å²) in [6.45, 7) is 9.18. The molecule has 4 heteroatoms. The highest BCUT2D eigenvalue weighted by Gasteiger charge is 2.33. The maximum Gasteiger partial charge on any atom is 0.347 e. The van der Waals surface area contributed by atoms with Gasteiger partial charge in [0.25, 0.3) is 0 Å². The predicted octanol–water partition coefficient (Wildman–Crippen LogP) is 3.13. The van der Waals surface area contributed by atoms with Gasteiger partial charge in [-0.2, -0.15) is 0 Å². The Bertz CT molecular complexity index is 603. The number of rotatable bonds is 7. The first kappa shape index (κ1) is 18.7. The van der Waals surface area contributed by atoms with Crippen LogP contribution < -0.4 is 5.11 Å². The number of esters is 1. The van der Waals surface area contributed by atoms with Gasteiger partial charge in [0.2, 0.25) is 5.78 Å². The van der Waals surface area contributed by atoms with Crippen molar-refractivity contribution in [3.05, 3.63) is 59.6 Å². The Kier molecular flexibility index (Phi) is 7.26. The first-order valence-corrected chi connectivity index (χ1v) is 7.76. The van der Waals surface area contributed by atoms with Crippen molar-refractivity contribution in [1.29, 1.82) is 0 Å². The quantitative estimate of drug-likeness (QED) is 0.181. The molecule has 1 heterocycles. The largest absolute Gasteiger partial charge is 0.872 e. The van der Waals surface area contributed by atoms with E-state index in [-0.39, 0.29) is 5.76 Å². The van der Waals surface area contributed by atoms with Gasteiger partial charge in [-0.25, -0.2) is 4.79 Å². The van der Waals surface area contributed by atoms with Crippen molar-refractivity contribution in [3.63, 3.8) is 0 Å². The zero-order valence-corrected chi connectivity index (χ0v) is 13.9. The van der Waals surface area contributed by atoms with Gasteiger partial charge in [0.05, 0.1) is 0 Å². The van der Waals surface area contributed by atoms with Gasteiger partial charge in [-0.3, -0.25) is 4.79 Å². The number of unbranched alkanes of at least 4 members (excludes halogenated alkanes) is 1. The van der Waals surface area contributed by atoms with E-state index in [1.165, 1.54) is 0 Å². The van der Waals surface area contributed by atoms with Crippen LogP contribution in [-0.2, 0) is 14.3 Å². The van der Waals surface area contributed by atoms with Gasteiger partial charge in [0.1, 0.15) is 5.57 Å². The number of ketones is 1. The summed E-state index contributed by atoms with van der Waals surface area (Å²) in [6, 6.07) is 0. The Morgan fingerprint density at radius 2 is 2.00 bits per heavy atom. The second-order valence-electron chi connectivity index (χ2n) is 5.51. The van der Waals surface area contributed by atoms with E-state index < -0.39 is 23.1 Å². The van der Waals surface area contributed by atoms with Crippen molar-refractivity contribution in [2.24, 2.45) is 5.92 Å². The molecule has 1 unspecified atom stereocenters. The molecule has 1 aliphatic heterocycles.